The van der Waals surface area contributed by atoms with Gasteiger partial charge in [-0.1, -0.05) is 30.3 Å². The summed E-state index contributed by atoms with van der Waals surface area (Å²) in [6, 6.07) is 13.6. The molecule has 0 radical (unpaired) electrons. The van der Waals surface area contributed by atoms with Crippen LogP contribution in [0.2, 0.25) is 0 Å². The number of hydrogen-bond acceptors (Lipinski definition) is 3. The monoisotopic (exact) mass is 226 g/mol. The summed E-state index contributed by atoms with van der Waals surface area (Å²) >= 11 is 0. The number of carbonyl (C=O) groups excluding carboxylic acids is 1. The van der Waals surface area contributed by atoms with Crippen LogP contribution in [0.1, 0.15) is 12.6 Å². The van der Waals surface area contributed by atoms with Crippen molar-refractivity contribution in [3.63, 3.8) is 0 Å². The van der Waals surface area contributed by atoms with Crippen molar-refractivity contribution in [2.45, 2.75) is 13.3 Å². The first-order valence-corrected chi connectivity index (χ1v) is 5.47. The Morgan fingerprint density at radius 3 is 2.47 bits per heavy atom. The van der Waals surface area contributed by atoms with Gasteiger partial charge < -0.3 is 5.73 Å². The highest BCUT2D eigenvalue weighted by Gasteiger charge is 2.06. The molecule has 2 aromatic rings. The van der Waals surface area contributed by atoms with Gasteiger partial charge >= 0.3 is 0 Å². The Morgan fingerprint density at radius 1 is 1.18 bits per heavy atom. The van der Waals surface area contributed by atoms with E-state index < -0.39 is 0 Å². The molecule has 0 spiro atoms. The number of rotatable bonds is 3. The lowest BCUT2D eigenvalue weighted by Crippen LogP contribution is -2.02. The van der Waals surface area contributed by atoms with Crippen LogP contribution in [0.5, 0.6) is 0 Å². The number of pyridine rings is 1. The summed E-state index contributed by atoms with van der Waals surface area (Å²) in [5.74, 6) is 0.555. The van der Waals surface area contributed by atoms with Crippen LogP contribution in [0.15, 0.2) is 42.5 Å². The first-order chi connectivity index (χ1) is 8.16. The topological polar surface area (TPSA) is 56.0 Å². The maximum atomic E-state index is 11.0. The Kier molecular flexibility index (Phi) is 3.19. The van der Waals surface area contributed by atoms with Gasteiger partial charge in [-0.05, 0) is 24.6 Å². The van der Waals surface area contributed by atoms with E-state index in [9.17, 15) is 4.79 Å². The molecule has 0 fully saturated rings. The van der Waals surface area contributed by atoms with Crippen molar-refractivity contribution in [2.75, 3.05) is 5.73 Å². The molecule has 0 bridgehead atoms. The van der Waals surface area contributed by atoms with Crippen LogP contribution in [-0.2, 0) is 11.2 Å². The van der Waals surface area contributed by atoms with Gasteiger partial charge in [0.2, 0.25) is 0 Å². The first-order valence-electron chi connectivity index (χ1n) is 5.47. The Balaban J connectivity index is 2.35. The smallest absolute Gasteiger partial charge is 0.135 e. The lowest BCUT2D eigenvalue weighted by molar-refractivity contribution is -0.116. The minimum absolute atomic E-state index is 0.0874. The van der Waals surface area contributed by atoms with Crippen molar-refractivity contribution in [2.24, 2.45) is 0 Å². The van der Waals surface area contributed by atoms with E-state index in [1.54, 1.807) is 6.92 Å². The predicted molar refractivity (Wildman–Crippen MR) is 68.5 cm³/mol. The molecule has 1 aromatic heterocycles. The average molecular weight is 226 g/mol. The van der Waals surface area contributed by atoms with Crippen molar-refractivity contribution in [3.05, 3.63) is 48.2 Å². The summed E-state index contributed by atoms with van der Waals surface area (Å²) < 4.78 is 0. The van der Waals surface area contributed by atoms with Crippen LogP contribution < -0.4 is 5.73 Å². The van der Waals surface area contributed by atoms with Crippen LogP contribution in [-0.4, -0.2) is 10.8 Å². The minimum atomic E-state index is 0.0874. The van der Waals surface area contributed by atoms with E-state index in [0.29, 0.717) is 12.2 Å². The zero-order valence-electron chi connectivity index (χ0n) is 9.68. The van der Waals surface area contributed by atoms with Crippen molar-refractivity contribution in [1.29, 1.82) is 0 Å². The summed E-state index contributed by atoms with van der Waals surface area (Å²) in [5, 5.41) is 0. The molecule has 2 N–H and O–H groups in total. The summed E-state index contributed by atoms with van der Waals surface area (Å²) in [5.41, 5.74) is 8.56. The van der Waals surface area contributed by atoms with E-state index in [1.807, 2.05) is 42.5 Å². The zero-order chi connectivity index (χ0) is 12.3. The maximum Gasteiger partial charge on any atom is 0.135 e. The van der Waals surface area contributed by atoms with E-state index >= 15 is 0 Å². The van der Waals surface area contributed by atoms with Gasteiger partial charge in [0.15, 0.2) is 0 Å². The number of hydrogen-bond donors (Lipinski definition) is 1. The maximum absolute atomic E-state index is 11.0. The van der Waals surface area contributed by atoms with Gasteiger partial charge in [-0.2, -0.15) is 0 Å². The molecule has 0 saturated carbocycles. The van der Waals surface area contributed by atoms with Crippen LogP contribution in [0.3, 0.4) is 0 Å². The second-order valence-electron chi connectivity index (χ2n) is 3.98. The number of nitrogen functional groups attached to an aromatic ring is 1. The van der Waals surface area contributed by atoms with Crippen LogP contribution in [0.4, 0.5) is 5.82 Å². The van der Waals surface area contributed by atoms with Crippen LogP contribution in [0.25, 0.3) is 11.1 Å². The Labute approximate surface area is 100 Å². The third-order valence-electron chi connectivity index (χ3n) is 2.50. The SMILES string of the molecule is CC(=O)Cc1ccc(-c2ccccc2)c(N)n1. The molecule has 1 heterocycles. The third kappa shape index (κ3) is 2.69. The van der Waals surface area contributed by atoms with Gasteiger partial charge in [-0.15, -0.1) is 0 Å². The van der Waals surface area contributed by atoms with E-state index in [-0.39, 0.29) is 5.78 Å². The predicted octanol–water partition coefficient (Wildman–Crippen LogP) is 2.46. The largest absolute Gasteiger partial charge is 0.383 e. The van der Waals surface area contributed by atoms with E-state index in [2.05, 4.69) is 4.98 Å². The molecule has 3 heteroatoms. The highest BCUT2D eigenvalue weighted by molar-refractivity contribution is 5.79. The summed E-state index contributed by atoms with van der Waals surface area (Å²) in [6.07, 6.45) is 0.333. The van der Waals surface area contributed by atoms with Gasteiger partial charge in [0.1, 0.15) is 11.6 Å². The molecule has 3 nitrogen and oxygen atoms in total. The highest BCUT2D eigenvalue weighted by Crippen LogP contribution is 2.24. The fraction of sp³-hybridized carbons (Fsp3) is 0.143. The minimum Gasteiger partial charge on any atom is -0.383 e. The van der Waals surface area contributed by atoms with E-state index in [0.717, 1.165) is 16.8 Å². The molecule has 86 valence electrons. The second-order valence-corrected chi connectivity index (χ2v) is 3.98. The van der Waals surface area contributed by atoms with Crippen molar-refractivity contribution < 1.29 is 4.79 Å². The molecular weight excluding hydrogens is 212 g/mol. The zero-order valence-corrected chi connectivity index (χ0v) is 9.68. The molecule has 0 saturated heterocycles. The molecule has 0 unspecified atom stereocenters. The molecule has 0 aliphatic rings. The van der Waals surface area contributed by atoms with Gasteiger partial charge in [-0.25, -0.2) is 4.98 Å². The second kappa shape index (κ2) is 4.78. The van der Waals surface area contributed by atoms with Crippen molar-refractivity contribution in [1.82, 2.24) is 4.98 Å². The molecule has 0 amide bonds. The summed E-state index contributed by atoms with van der Waals surface area (Å²) in [6.45, 7) is 1.54. The number of Topliss-reactive ketones (excluding diaryl/α,β-unsaturated/α-hetero) is 1. The average Bonchev–Trinajstić information content (AvgIpc) is 2.29. The van der Waals surface area contributed by atoms with Crippen molar-refractivity contribution >= 4 is 11.6 Å². The van der Waals surface area contributed by atoms with E-state index in [1.165, 1.54) is 0 Å². The molecule has 0 aliphatic heterocycles. The molecule has 0 aliphatic carbocycles. The Hall–Kier alpha value is -2.16. The molecule has 2 rings (SSSR count). The van der Waals surface area contributed by atoms with Crippen LogP contribution in [0, 0.1) is 0 Å². The fourth-order valence-electron chi connectivity index (χ4n) is 1.73. The first kappa shape index (κ1) is 11.3. The third-order valence-corrected chi connectivity index (χ3v) is 2.50. The molecule has 1 aromatic carbocycles. The van der Waals surface area contributed by atoms with E-state index in [4.69, 9.17) is 5.73 Å². The Morgan fingerprint density at radius 2 is 1.88 bits per heavy atom. The van der Waals surface area contributed by atoms with Crippen molar-refractivity contribution in [3.8, 4) is 11.1 Å². The highest BCUT2D eigenvalue weighted by atomic mass is 16.1. The number of carbonyl (C=O) groups is 1. The standard InChI is InChI=1S/C14H14N2O/c1-10(17)9-12-7-8-13(14(15)16-12)11-5-3-2-4-6-11/h2-8H,9H2,1H3,(H2,15,16). The number of ketones is 1. The molecule has 17 heavy (non-hydrogen) atoms. The molecule has 0 atom stereocenters. The normalized spacial score (nSPS) is 10.2. The number of anilines is 1. The fourth-order valence-corrected chi connectivity index (χ4v) is 1.73. The van der Waals surface area contributed by atoms with Gasteiger partial charge in [0.25, 0.3) is 0 Å². The Bertz CT molecular complexity index is 535. The lowest BCUT2D eigenvalue weighted by atomic mass is 10.1. The molecular formula is C14H14N2O. The number of benzene rings is 1. The number of nitrogens with zero attached hydrogens (tertiary/aromatic N) is 1. The number of aromatic nitrogens is 1. The van der Waals surface area contributed by atoms with Crippen LogP contribution >= 0.6 is 0 Å². The van der Waals surface area contributed by atoms with Gasteiger partial charge in [0.05, 0.1) is 5.69 Å². The quantitative estimate of drug-likeness (QED) is 0.874. The number of nitrogens with two attached hydrogens (primary N) is 1. The van der Waals surface area contributed by atoms with Gasteiger partial charge in [0, 0.05) is 12.0 Å². The summed E-state index contributed by atoms with van der Waals surface area (Å²) in [4.78, 5) is 15.2. The summed E-state index contributed by atoms with van der Waals surface area (Å²) in [7, 11) is 0. The lowest BCUT2D eigenvalue weighted by Gasteiger charge is -2.06. The van der Waals surface area contributed by atoms with Gasteiger partial charge in [-0.3, -0.25) is 4.79 Å².